The maximum absolute atomic E-state index is 13.7. The Bertz CT molecular complexity index is 1020. The van der Waals surface area contributed by atoms with Gasteiger partial charge in [-0.3, -0.25) is 15.4 Å². The molecule has 0 bridgehead atoms. The van der Waals surface area contributed by atoms with Gasteiger partial charge in [-0.25, -0.2) is 18.4 Å². The molecule has 3 N–H and O–H groups in total. The van der Waals surface area contributed by atoms with E-state index in [1.807, 2.05) is 5.32 Å². The van der Waals surface area contributed by atoms with E-state index in [-0.39, 0.29) is 6.10 Å². The zero-order valence-corrected chi connectivity index (χ0v) is 19.4. The zero-order chi connectivity index (χ0) is 24.8. The average Bonchev–Trinajstić information content (AvgIpc) is 2.74. The third-order valence-corrected chi connectivity index (χ3v) is 6.03. The molecule has 1 saturated carbocycles. The second-order valence-electron chi connectivity index (χ2n) is 8.98. The zero-order valence-electron chi connectivity index (χ0n) is 19.4. The molecule has 1 aliphatic carbocycles. The van der Waals surface area contributed by atoms with Crippen LogP contribution in [0.3, 0.4) is 0 Å². The first-order chi connectivity index (χ1) is 16.1. The SMILES string of the molecule is CC1CCC(C(C)C)C(OC(=O)Nc2ccc(NC(=O)NC(=O)c3c(F)cccc3F)cc2)C1. The third kappa shape index (κ3) is 6.52. The van der Waals surface area contributed by atoms with E-state index < -0.39 is 35.2 Å². The van der Waals surface area contributed by atoms with Crippen molar-refractivity contribution in [2.24, 2.45) is 17.8 Å². The van der Waals surface area contributed by atoms with Crippen LogP contribution < -0.4 is 16.0 Å². The predicted octanol–water partition coefficient (Wildman–Crippen LogP) is 5.94. The van der Waals surface area contributed by atoms with E-state index in [0.29, 0.717) is 29.1 Å². The summed E-state index contributed by atoms with van der Waals surface area (Å²) in [4.78, 5) is 36.5. The number of urea groups is 1. The Labute approximate surface area is 197 Å². The number of hydrogen-bond donors (Lipinski definition) is 3. The predicted molar refractivity (Wildman–Crippen MR) is 125 cm³/mol. The molecule has 0 spiro atoms. The molecule has 1 fully saturated rings. The van der Waals surface area contributed by atoms with Gasteiger partial charge < -0.3 is 10.1 Å². The average molecular weight is 474 g/mol. The van der Waals surface area contributed by atoms with E-state index in [0.717, 1.165) is 37.5 Å². The van der Waals surface area contributed by atoms with Crippen molar-refractivity contribution in [2.45, 2.75) is 46.1 Å². The number of amides is 4. The lowest BCUT2D eigenvalue weighted by Crippen LogP contribution is -2.37. The number of benzene rings is 2. The van der Waals surface area contributed by atoms with E-state index in [9.17, 15) is 23.2 Å². The highest BCUT2D eigenvalue weighted by atomic mass is 19.1. The van der Waals surface area contributed by atoms with Gasteiger partial charge in [0, 0.05) is 11.4 Å². The number of ether oxygens (including phenoxy) is 1. The molecule has 0 saturated heterocycles. The van der Waals surface area contributed by atoms with Gasteiger partial charge in [0.2, 0.25) is 0 Å². The van der Waals surface area contributed by atoms with Crippen molar-refractivity contribution in [1.29, 1.82) is 0 Å². The summed E-state index contributed by atoms with van der Waals surface area (Å²) in [6.07, 6.45) is 2.33. The summed E-state index contributed by atoms with van der Waals surface area (Å²) in [6, 6.07) is 8.11. The summed E-state index contributed by atoms with van der Waals surface area (Å²) >= 11 is 0. The van der Waals surface area contributed by atoms with E-state index in [1.54, 1.807) is 12.1 Å². The number of hydrogen-bond acceptors (Lipinski definition) is 4. The fourth-order valence-corrected chi connectivity index (χ4v) is 4.21. The molecule has 3 rings (SSSR count). The molecule has 9 heteroatoms. The van der Waals surface area contributed by atoms with Crippen LogP contribution in [0.25, 0.3) is 0 Å². The molecule has 0 heterocycles. The van der Waals surface area contributed by atoms with Crippen LogP contribution in [-0.2, 0) is 4.74 Å². The van der Waals surface area contributed by atoms with E-state index in [1.165, 1.54) is 12.1 Å². The summed E-state index contributed by atoms with van der Waals surface area (Å²) < 4.78 is 33.1. The van der Waals surface area contributed by atoms with Crippen molar-refractivity contribution in [3.05, 3.63) is 59.7 Å². The Morgan fingerprint density at radius 2 is 1.53 bits per heavy atom. The largest absolute Gasteiger partial charge is 0.446 e. The van der Waals surface area contributed by atoms with Crippen LogP contribution in [0, 0.1) is 29.4 Å². The van der Waals surface area contributed by atoms with Gasteiger partial charge >= 0.3 is 12.1 Å². The Morgan fingerprint density at radius 3 is 2.12 bits per heavy atom. The van der Waals surface area contributed by atoms with Gasteiger partial charge in [0.25, 0.3) is 5.91 Å². The van der Waals surface area contributed by atoms with Crippen molar-refractivity contribution in [1.82, 2.24) is 5.32 Å². The standard InChI is InChI=1S/C25H29F2N3O4/c1-14(2)18-12-7-15(3)13-21(18)34-25(33)29-17-10-8-16(9-11-17)28-24(32)30-23(31)22-19(26)5-4-6-20(22)27/h4-6,8-11,14-15,18,21H,7,12-13H2,1-3H3,(H,29,33)(H2,28,30,31,32). The fourth-order valence-electron chi connectivity index (χ4n) is 4.21. The minimum absolute atomic E-state index is 0.134. The van der Waals surface area contributed by atoms with E-state index in [2.05, 4.69) is 31.4 Å². The summed E-state index contributed by atoms with van der Waals surface area (Å²) in [5.74, 6) is -2.10. The first kappa shape index (κ1) is 25.1. The number of carbonyl (C=O) groups excluding carboxylic acids is 3. The lowest BCUT2D eigenvalue weighted by atomic mass is 9.75. The first-order valence-corrected chi connectivity index (χ1v) is 11.3. The van der Waals surface area contributed by atoms with Gasteiger partial charge in [-0.05, 0) is 67.0 Å². The van der Waals surface area contributed by atoms with Crippen LogP contribution >= 0.6 is 0 Å². The van der Waals surface area contributed by atoms with E-state index >= 15 is 0 Å². The Kier molecular flexibility index (Phi) is 8.20. The number of imide groups is 1. The number of halogens is 2. The smallest absolute Gasteiger partial charge is 0.411 e. The molecule has 2 aromatic carbocycles. The lowest BCUT2D eigenvalue weighted by molar-refractivity contribution is 0.0126. The summed E-state index contributed by atoms with van der Waals surface area (Å²) in [6.45, 7) is 6.43. The van der Waals surface area contributed by atoms with Crippen LogP contribution in [0.1, 0.15) is 50.4 Å². The van der Waals surface area contributed by atoms with E-state index in [4.69, 9.17) is 4.74 Å². The van der Waals surface area contributed by atoms with Crippen LogP contribution in [0.2, 0.25) is 0 Å². The number of nitrogens with one attached hydrogen (secondary N) is 3. The maximum atomic E-state index is 13.7. The lowest BCUT2D eigenvalue weighted by Gasteiger charge is -2.36. The van der Waals surface area contributed by atoms with Crippen LogP contribution in [0.15, 0.2) is 42.5 Å². The maximum Gasteiger partial charge on any atom is 0.411 e. The van der Waals surface area contributed by atoms with Gasteiger partial charge in [0.05, 0.1) is 0 Å². The molecule has 3 unspecified atom stereocenters. The fraction of sp³-hybridized carbons (Fsp3) is 0.400. The molecular formula is C25H29F2N3O4. The molecule has 0 aliphatic heterocycles. The van der Waals surface area contributed by atoms with Gasteiger partial charge in [-0.1, -0.05) is 33.3 Å². The van der Waals surface area contributed by atoms with Crippen molar-refractivity contribution >= 4 is 29.4 Å². The minimum Gasteiger partial charge on any atom is -0.446 e. The molecule has 3 atom stereocenters. The first-order valence-electron chi connectivity index (χ1n) is 11.3. The molecular weight excluding hydrogens is 444 g/mol. The highest BCUT2D eigenvalue weighted by Gasteiger charge is 2.33. The highest BCUT2D eigenvalue weighted by Crippen LogP contribution is 2.35. The third-order valence-electron chi connectivity index (χ3n) is 6.03. The molecule has 0 radical (unpaired) electrons. The normalized spacial score (nSPS) is 19.9. The van der Waals surface area contributed by atoms with Crippen LogP contribution in [-0.4, -0.2) is 24.1 Å². The van der Waals surface area contributed by atoms with Gasteiger partial charge in [0.15, 0.2) is 0 Å². The Balaban J connectivity index is 1.53. The number of rotatable bonds is 5. The monoisotopic (exact) mass is 473 g/mol. The van der Waals surface area contributed by atoms with Crippen molar-refractivity contribution in [3.63, 3.8) is 0 Å². The minimum atomic E-state index is -1.20. The second-order valence-corrected chi connectivity index (χ2v) is 8.98. The quantitative estimate of drug-likeness (QED) is 0.501. The summed E-state index contributed by atoms with van der Waals surface area (Å²) in [5, 5.41) is 6.95. The molecule has 4 amide bonds. The molecule has 1 aliphatic rings. The second kappa shape index (κ2) is 11.1. The van der Waals surface area contributed by atoms with Crippen molar-refractivity contribution in [2.75, 3.05) is 10.6 Å². The van der Waals surface area contributed by atoms with Crippen molar-refractivity contribution in [3.8, 4) is 0 Å². The molecule has 0 aromatic heterocycles. The molecule has 2 aromatic rings. The Morgan fingerprint density at radius 1 is 0.941 bits per heavy atom. The summed E-state index contributed by atoms with van der Waals surface area (Å²) in [5.41, 5.74) is -0.0765. The topological polar surface area (TPSA) is 96.5 Å². The van der Waals surface area contributed by atoms with Crippen LogP contribution in [0.5, 0.6) is 0 Å². The number of anilines is 2. The molecule has 34 heavy (non-hydrogen) atoms. The van der Waals surface area contributed by atoms with Crippen LogP contribution in [0.4, 0.5) is 29.7 Å². The van der Waals surface area contributed by atoms with Gasteiger partial charge in [0.1, 0.15) is 23.3 Å². The van der Waals surface area contributed by atoms with Gasteiger partial charge in [-0.2, -0.15) is 0 Å². The molecule has 182 valence electrons. The Hall–Kier alpha value is -3.49. The molecule has 7 nitrogen and oxygen atoms in total. The number of carbonyl (C=O) groups is 3. The van der Waals surface area contributed by atoms with Gasteiger partial charge in [-0.15, -0.1) is 0 Å². The highest BCUT2D eigenvalue weighted by molar-refractivity contribution is 6.08. The van der Waals surface area contributed by atoms with Crippen molar-refractivity contribution < 1.29 is 27.9 Å². The summed E-state index contributed by atoms with van der Waals surface area (Å²) in [7, 11) is 0.